The number of halogens is 4. The second-order valence-corrected chi connectivity index (χ2v) is 8.05. The van der Waals surface area contributed by atoms with Crippen molar-refractivity contribution in [2.45, 2.75) is 32.6 Å². The van der Waals surface area contributed by atoms with Crippen LogP contribution < -0.4 is 5.32 Å². The van der Waals surface area contributed by atoms with E-state index in [2.05, 4.69) is 12.2 Å². The zero-order valence-corrected chi connectivity index (χ0v) is 19.5. The number of esters is 1. The van der Waals surface area contributed by atoms with Crippen LogP contribution in [0.1, 0.15) is 63.7 Å². The highest BCUT2D eigenvalue weighted by Gasteiger charge is 2.28. The molecule has 0 fully saturated rings. The van der Waals surface area contributed by atoms with E-state index in [1.54, 1.807) is 0 Å². The summed E-state index contributed by atoms with van der Waals surface area (Å²) < 4.78 is 5.21. The number of nitrogens with one attached hydrogen (secondary N) is 1. The molecule has 0 aromatic heterocycles. The highest BCUT2D eigenvalue weighted by molar-refractivity contribution is 6.54. The Morgan fingerprint density at radius 2 is 1.45 bits per heavy atom. The fourth-order valence-electron chi connectivity index (χ4n) is 2.71. The standard InChI is InChI=1S/C21H19Cl4NO5/c1-2-3-4-5-10-31-21(30)11-6-8-12(9-7-11)26-19(27)13-14(20(28)29)16(23)18(25)17(24)15(13)22/h6-9H,2-5,10H2,1H3,(H,26,27)(H,28,29). The monoisotopic (exact) mass is 505 g/mol. The van der Waals surface area contributed by atoms with Crippen LogP contribution in [-0.2, 0) is 4.74 Å². The van der Waals surface area contributed by atoms with Gasteiger partial charge < -0.3 is 15.2 Å². The molecule has 1 amide bonds. The van der Waals surface area contributed by atoms with Crippen LogP contribution in [-0.4, -0.2) is 29.6 Å². The quantitative estimate of drug-likeness (QED) is 0.165. The molecule has 2 aromatic rings. The number of benzene rings is 2. The molecule has 0 unspecified atom stereocenters. The third-order valence-electron chi connectivity index (χ3n) is 4.32. The lowest BCUT2D eigenvalue weighted by Gasteiger charge is -2.14. The molecule has 166 valence electrons. The Hall–Kier alpha value is -1.99. The first-order chi connectivity index (χ1) is 14.7. The van der Waals surface area contributed by atoms with Crippen molar-refractivity contribution in [2.24, 2.45) is 0 Å². The number of rotatable bonds is 9. The van der Waals surface area contributed by atoms with Gasteiger partial charge in [0.2, 0.25) is 0 Å². The van der Waals surface area contributed by atoms with Gasteiger partial charge in [-0.15, -0.1) is 0 Å². The number of anilines is 1. The number of aromatic carboxylic acids is 1. The zero-order chi connectivity index (χ0) is 23.1. The molecule has 6 nitrogen and oxygen atoms in total. The molecule has 0 saturated carbocycles. The van der Waals surface area contributed by atoms with Crippen molar-refractivity contribution >= 4 is 69.9 Å². The number of ether oxygens (including phenoxy) is 1. The maximum atomic E-state index is 12.7. The molecule has 0 aliphatic rings. The minimum atomic E-state index is -1.49. The highest BCUT2D eigenvalue weighted by Crippen LogP contribution is 2.41. The molecule has 0 heterocycles. The van der Waals surface area contributed by atoms with Crippen LogP contribution in [0.4, 0.5) is 5.69 Å². The third-order valence-corrected chi connectivity index (χ3v) is 6.12. The van der Waals surface area contributed by atoms with Crippen LogP contribution in [0.25, 0.3) is 0 Å². The van der Waals surface area contributed by atoms with Gasteiger partial charge in [-0.05, 0) is 30.7 Å². The largest absolute Gasteiger partial charge is 0.478 e. The van der Waals surface area contributed by atoms with Gasteiger partial charge in [0.05, 0.1) is 43.4 Å². The van der Waals surface area contributed by atoms with Gasteiger partial charge in [-0.25, -0.2) is 9.59 Å². The van der Waals surface area contributed by atoms with Crippen molar-refractivity contribution in [2.75, 3.05) is 11.9 Å². The van der Waals surface area contributed by atoms with Gasteiger partial charge in [0.15, 0.2) is 0 Å². The number of amides is 1. The summed E-state index contributed by atoms with van der Waals surface area (Å²) in [5.74, 6) is -2.82. The Kier molecular flexibility index (Phi) is 9.44. The Balaban J connectivity index is 2.15. The van der Waals surface area contributed by atoms with Crippen molar-refractivity contribution in [3.8, 4) is 0 Å². The molecule has 0 saturated heterocycles. The van der Waals surface area contributed by atoms with E-state index in [4.69, 9.17) is 51.1 Å². The third kappa shape index (κ3) is 6.26. The fourth-order valence-corrected chi connectivity index (χ4v) is 3.73. The Morgan fingerprint density at radius 1 is 0.871 bits per heavy atom. The predicted octanol–water partition coefficient (Wildman–Crippen LogP) is 6.99. The zero-order valence-electron chi connectivity index (χ0n) is 16.4. The van der Waals surface area contributed by atoms with Crippen molar-refractivity contribution in [1.82, 2.24) is 0 Å². The molecule has 2 rings (SSSR count). The smallest absolute Gasteiger partial charge is 0.338 e. The fraction of sp³-hybridized carbons (Fsp3) is 0.286. The Labute approximate surface area is 199 Å². The van der Waals surface area contributed by atoms with Crippen molar-refractivity contribution < 1.29 is 24.2 Å². The molecule has 0 spiro atoms. The van der Waals surface area contributed by atoms with Crippen LogP contribution in [0.5, 0.6) is 0 Å². The first-order valence-electron chi connectivity index (χ1n) is 9.36. The lowest BCUT2D eigenvalue weighted by Crippen LogP contribution is -2.18. The second kappa shape index (κ2) is 11.6. The minimum absolute atomic E-state index is 0.236. The second-order valence-electron chi connectivity index (χ2n) is 6.54. The van der Waals surface area contributed by atoms with E-state index in [0.29, 0.717) is 17.9 Å². The average Bonchev–Trinajstić information content (AvgIpc) is 2.74. The molecule has 2 aromatic carbocycles. The Bertz CT molecular complexity index is 992. The lowest BCUT2D eigenvalue weighted by atomic mass is 10.1. The summed E-state index contributed by atoms with van der Waals surface area (Å²) in [6, 6.07) is 5.90. The highest BCUT2D eigenvalue weighted by atomic mass is 35.5. The van der Waals surface area contributed by atoms with Crippen LogP contribution >= 0.6 is 46.4 Å². The topological polar surface area (TPSA) is 92.7 Å². The number of carboxylic acid groups (broad SMARTS) is 1. The van der Waals surface area contributed by atoms with Gasteiger partial charge in [0.1, 0.15) is 0 Å². The van der Waals surface area contributed by atoms with Crippen LogP contribution in [0, 0.1) is 0 Å². The summed E-state index contributed by atoms with van der Waals surface area (Å²) in [7, 11) is 0. The summed E-state index contributed by atoms with van der Waals surface area (Å²) >= 11 is 23.9. The Morgan fingerprint density at radius 3 is 2.00 bits per heavy atom. The van der Waals surface area contributed by atoms with Crippen LogP contribution in [0.2, 0.25) is 20.1 Å². The number of carbonyl (C=O) groups excluding carboxylic acids is 2. The normalized spacial score (nSPS) is 10.6. The molecular weight excluding hydrogens is 488 g/mol. The van der Waals surface area contributed by atoms with Gasteiger partial charge in [0.25, 0.3) is 5.91 Å². The molecule has 10 heteroatoms. The first kappa shape index (κ1) is 25.3. The van der Waals surface area contributed by atoms with Crippen molar-refractivity contribution in [1.29, 1.82) is 0 Å². The van der Waals surface area contributed by atoms with E-state index in [1.807, 2.05) is 0 Å². The summed E-state index contributed by atoms with van der Waals surface area (Å²) in [5, 5.41) is 10.7. The lowest BCUT2D eigenvalue weighted by molar-refractivity contribution is 0.0497. The van der Waals surface area contributed by atoms with Gasteiger partial charge in [0, 0.05) is 5.69 Å². The number of carboxylic acids is 1. The van der Waals surface area contributed by atoms with E-state index >= 15 is 0 Å². The molecular formula is C21H19Cl4NO5. The van der Waals surface area contributed by atoms with Gasteiger partial charge in [-0.1, -0.05) is 72.6 Å². The summed E-state index contributed by atoms with van der Waals surface area (Å²) in [6.45, 7) is 2.44. The molecule has 31 heavy (non-hydrogen) atoms. The maximum absolute atomic E-state index is 12.7. The maximum Gasteiger partial charge on any atom is 0.338 e. The molecule has 2 N–H and O–H groups in total. The van der Waals surface area contributed by atoms with Crippen LogP contribution in [0.3, 0.4) is 0 Å². The van der Waals surface area contributed by atoms with Crippen molar-refractivity contribution in [3.63, 3.8) is 0 Å². The minimum Gasteiger partial charge on any atom is -0.478 e. The molecule has 0 bridgehead atoms. The van der Waals surface area contributed by atoms with Crippen LogP contribution in [0.15, 0.2) is 24.3 Å². The number of unbranched alkanes of at least 4 members (excludes halogenated alkanes) is 3. The molecule has 0 aliphatic carbocycles. The first-order valence-corrected chi connectivity index (χ1v) is 10.9. The SMILES string of the molecule is CCCCCCOC(=O)c1ccc(NC(=O)c2c(Cl)c(Cl)c(Cl)c(Cl)c2C(=O)O)cc1. The number of hydrogen-bond donors (Lipinski definition) is 2. The van der Waals surface area contributed by atoms with E-state index in [-0.39, 0.29) is 15.1 Å². The number of carbonyl (C=O) groups is 3. The average molecular weight is 507 g/mol. The van der Waals surface area contributed by atoms with E-state index in [9.17, 15) is 19.5 Å². The van der Waals surface area contributed by atoms with Crippen molar-refractivity contribution in [3.05, 3.63) is 61.0 Å². The number of hydrogen-bond acceptors (Lipinski definition) is 4. The summed E-state index contributed by atoms with van der Waals surface area (Å²) in [4.78, 5) is 36.4. The molecule has 0 aliphatic heterocycles. The van der Waals surface area contributed by atoms with Gasteiger partial charge in [-0.3, -0.25) is 4.79 Å². The molecule has 0 radical (unpaired) electrons. The van der Waals surface area contributed by atoms with E-state index in [0.717, 1.165) is 25.7 Å². The van der Waals surface area contributed by atoms with E-state index in [1.165, 1.54) is 24.3 Å². The van der Waals surface area contributed by atoms with Gasteiger partial charge >= 0.3 is 11.9 Å². The summed E-state index contributed by atoms with van der Waals surface area (Å²) in [6.07, 6.45) is 3.97. The van der Waals surface area contributed by atoms with Gasteiger partial charge in [-0.2, -0.15) is 0 Å². The molecule has 0 atom stereocenters. The predicted molar refractivity (Wildman–Crippen MR) is 122 cm³/mol. The summed E-state index contributed by atoms with van der Waals surface area (Å²) in [5.41, 5.74) is -0.389. The van der Waals surface area contributed by atoms with E-state index < -0.39 is 34.0 Å².